The Bertz CT molecular complexity index is 804. The van der Waals surface area contributed by atoms with Crippen molar-refractivity contribution in [2.45, 2.75) is 4.90 Å². The van der Waals surface area contributed by atoms with Crippen molar-refractivity contribution in [3.63, 3.8) is 0 Å². The Balaban J connectivity index is 2.30. The van der Waals surface area contributed by atoms with Crippen molar-refractivity contribution < 1.29 is 17.6 Å². The van der Waals surface area contributed by atoms with E-state index in [4.69, 9.17) is 23.2 Å². The summed E-state index contributed by atoms with van der Waals surface area (Å²) in [5.74, 6) is -2.41. The molecule has 0 aliphatic heterocycles. The number of ketones is 1. The van der Waals surface area contributed by atoms with Crippen LogP contribution in [0.1, 0.15) is 10.4 Å². The number of halogens is 3. The van der Waals surface area contributed by atoms with Gasteiger partial charge >= 0.3 is 0 Å². The first-order valence-corrected chi connectivity index (χ1v) is 8.17. The van der Waals surface area contributed by atoms with Crippen LogP contribution in [0.25, 0.3) is 0 Å². The van der Waals surface area contributed by atoms with Crippen molar-refractivity contribution in [2.24, 2.45) is 0 Å². The average molecular weight is 347 g/mol. The van der Waals surface area contributed by atoms with Crippen molar-refractivity contribution in [3.05, 3.63) is 63.9 Å². The summed E-state index contributed by atoms with van der Waals surface area (Å²) < 4.78 is 37.7. The monoisotopic (exact) mass is 346 g/mol. The zero-order valence-electron chi connectivity index (χ0n) is 10.5. The van der Waals surface area contributed by atoms with Gasteiger partial charge in [0.25, 0.3) is 0 Å². The van der Waals surface area contributed by atoms with E-state index in [2.05, 4.69) is 0 Å². The van der Waals surface area contributed by atoms with E-state index in [0.29, 0.717) is 0 Å². The van der Waals surface area contributed by atoms with Crippen LogP contribution < -0.4 is 0 Å². The maximum Gasteiger partial charge on any atom is 0.188 e. The maximum atomic E-state index is 13.5. The molecular formula is C14H9Cl2FO3S. The Morgan fingerprint density at radius 1 is 1.05 bits per heavy atom. The standard InChI is InChI=1S/C14H9Cl2FO3S/c15-10-6-5-9(7-11(10)16)13(18)8-21(19,20)14-4-2-1-3-12(14)17/h1-7H,8H2. The fourth-order valence-electron chi connectivity index (χ4n) is 1.70. The zero-order valence-corrected chi connectivity index (χ0v) is 12.8. The van der Waals surface area contributed by atoms with Gasteiger partial charge in [0.15, 0.2) is 15.6 Å². The molecular weight excluding hydrogens is 338 g/mol. The third kappa shape index (κ3) is 3.61. The molecule has 0 aliphatic rings. The highest BCUT2D eigenvalue weighted by atomic mass is 35.5. The molecule has 0 bridgehead atoms. The van der Waals surface area contributed by atoms with Gasteiger partial charge in [0, 0.05) is 5.56 Å². The highest BCUT2D eigenvalue weighted by Gasteiger charge is 2.23. The highest BCUT2D eigenvalue weighted by molar-refractivity contribution is 7.92. The highest BCUT2D eigenvalue weighted by Crippen LogP contribution is 2.23. The summed E-state index contributed by atoms with van der Waals surface area (Å²) in [4.78, 5) is 11.5. The van der Waals surface area contributed by atoms with Gasteiger partial charge < -0.3 is 0 Å². The average Bonchev–Trinajstić information content (AvgIpc) is 2.41. The van der Waals surface area contributed by atoms with E-state index in [1.54, 1.807) is 0 Å². The molecule has 0 atom stereocenters. The van der Waals surface area contributed by atoms with Crippen molar-refractivity contribution in [3.8, 4) is 0 Å². The molecule has 2 aromatic carbocycles. The Hall–Kier alpha value is -1.43. The number of benzene rings is 2. The van der Waals surface area contributed by atoms with Gasteiger partial charge in [0.05, 0.1) is 10.0 Å². The van der Waals surface area contributed by atoms with Gasteiger partial charge in [-0.15, -0.1) is 0 Å². The number of hydrogen-bond acceptors (Lipinski definition) is 3. The van der Waals surface area contributed by atoms with Crippen molar-refractivity contribution in [2.75, 3.05) is 5.75 Å². The van der Waals surface area contributed by atoms with Crippen molar-refractivity contribution in [1.82, 2.24) is 0 Å². The summed E-state index contributed by atoms with van der Waals surface area (Å²) in [5, 5.41) is 0.399. The molecule has 2 aromatic rings. The smallest absolute Gasteiger partial charge is 0.188 e. The van der Waals surface area contributed by atoms with Gasteiger partial charge in [-0.3, -0.25) is 4.79 Å². The van der Waals surface area contributed by atoms with Gasteiger partial charge in [-0.2, -0.15) is 0 Å². The van der Waals surface area contributed by atoms with Crippen molar-refractivity contribution >= 4 is 38.8 Å². The Morgan fingerprint density at radius 2 is 1.71 bits per heavy atom. The molecule has 0 aromatic heterocycles. The summed E-state index contributed by atoms with van der Waals surface area (Å²) in [5.41, 5.74) is 0.101. The minimum absolute atomic E-state index is 0.101. The minimum atomic E-state index is -4.06. The Kier molecular flexibility index (Phi) is 4.66. The Labute approximate surface area is 131 Å². The zero-order chi connectivity index (χ0) is 15.6. The first-order valence-electron chi connectivity index (χ1n) is 5.77. The first-order chi connectivity index (χ1) is 9.81. The predicted molar refractivity (Wildman–Crippen MR) is 79.2 cm³/mol. The van der Waals surface area contributed by atoms with E-state index >= 15 is 0 Å². The van der Waals surface area contributed by atoms with Crippen LogP contribution in [0, 0.1) is 5.82 Å². The van der Waals surface area contributed by atoms with E-state index in [1.165, 1.54) is 30.3 Å². The topological polar surface area (TPSA) is 51.2 Å². The number of carbonyl (C=O) groups excluding carboxylic acids is 1. The summed E-state index contributed by atoms with van der Waals surface area (Å²) in [7, 11) is -4.06. The van der Waals surface area contributed by atoms with Gasteiger partial charge in [0.2, 0.25) is 0 Å². The molecule has 21 heavy (non-hydrogen) atoms. The quantitative estimate of drug-likeness (QED) is 0.791. The van der Waals surface area contributed by atoms with Gasteiger partial charge in [-0.05, 0) is 30.3 Å². The van der Waals surface area contributed by atoms with Crippen LogP contribution in [0.4, 0.5) is 4.39 Å². The van der Waals surface area contributed by atoms with Gasteiger partial charge in [0.1, 0.15) is 16.5 Å². The molecule has 0 radical (unpaired) electrons. The van der Waals surface area contributed by atoms with Crippen LogP contribution in [0.3, 0.4) is 0 Å². The number of sulfone groups is 1. The number of rotatable bonds is 4. The van der Waals surface area contributed by atoms with Crippen LogP contribution in [0.5, 0.6) is 0 Å². The number of hydrogen-bond donors (Lipinski definition) is 0. The second-order valence-corrected chi connectivity index (χ2v) is 7.01. The second-order valence-electron chi connectivity index (χ2n) is 4.24. The van der Waals surface area contributed by atoms with E-state index in [-0.39, 0.29) is 15.6 Å². The molecule has 0 spiro atoms. The van der Waals surface area contributed by atoms with Crippen LogP contribution in [0.2, 0.25) is 10.0 Å². The fourth-order valence-corrected chi connectivity index (χ4v) is 3.32. The minimum Gasteiger partial charge on any atom is -0.293 e. The molecule has 2 rings (SSSR count). The van der Waals surface area contributed by atoms with Crippen LogP contribution in [0.15, 0.2) is 47.4 Å². The summed E-state index contributed by atoms with van der Waals surface area (Å²) >= 11 is 11.5. The SMILES string of the molecule is O=C(CS(=O)(=O)c1ccccc1F)c1ccc(Cl)c(Cl)c1. The molecule has 7 heteroatoms. The molecule has 0 amide bonds. The Morgan fingerprint density at radius 3 is 2.33 bits per heavy atom. The molecule has 110 valence electrons. The molecule has 0 saturated carbocycles. The first kappa shape index (κ1) is 15.9. The fraction of sp³-hybridized carbons (Fsp3) is 0.0714. The molecule has 0 fully saturated rings. The lowest BCUT2D eigenvalue weighted by molar-refractivity contribution is 0.102. The molecule has 0 N–H and O–H groups in total. The molecule has 0 heterocycles. The molecule has 0 aliphatic carbocycles. The molecule has 0 unspecified atom stereocenters. The van der Waals surface area contributed by atoms with Gasteiger partial charge in [-0.25, -0.2) is 12.8 Å². The lowest BCUT2D eigenvalue weighted by Crippen LogP contribution is -2.17. The maximum absolute atomic E-state index is 13.5. The number of carbonyl (C=O) groups is 1. The largest absolute Gasteiger partial charge is 0.293 e. The van der Waals surface area contributed by atoms with E-state index in [0.717, 1.165) is 12.1 Å². The lowest BCUT2D eigenvalue weighted by Gasteiger charge is -2.06. The van der Waals surface area contributed by atoms with Crippen LogP contribution >= 0.6 is 23.2 Å². The van der Waals surface area contributed by atoms with Gasteiger partial charge in [-0.1, -0.05) is 35.3 Å². The van der Waals surface area contributed by atoms with E-state index in [1.807, 2.05) is 0 Å². The van der Waals surface area contributed by atoms with E-state index < -0.39 is 32.1 Å². The van der Waals surface area contributed by atoms with Crippen LogP contribution in [-0.4, -0.2) is 20.0 Å². The normalized spacial score (nSPS) is 11.4. The van der Waals surface area contributed by atoms with Crippen LogP contribution in [-0.2, 0) is 9.84 Å². The molecule has 0 saturated heterocycles. The predicted octanol–water partition coefficient (Wildman–Crippen LogP) is 3.79. The summed E-state index contributed by atoms with van der Waals surface area (Å²) in [6, 6.07) is 8.95. The lowest BCUT2D eigenvalue weighted by atomic mass is 10.1. The molecule has 3 nitrogen and oxygen atoms in total. The third-order valence-corrected chi connectivity index (χ3v) is 5.12. The second kappa shape index (κ2) is 6.13. The number of Topliss-reactive ketones (excluding diaryl/α,β-unsaturated/α-hetero) is 1. The third-order valence-electron chi connectivity index (χ3n) is 2.73. The van der Waals surface area contributed by atoms with E-state index in [9.17, 15) is 17.6 Å². The van der Waals surface area contributed by atoms with Crippen molar-refractivity contribution in [1.29, 1.82) is 0 Å². The summed E-state index contributed by atoms with van der Waals surface area (Å²) in [6.45, 7) is 0. The summed E-state index contributed by atoms with van der Waals surface area (Å²) in [6.07, 6.45) is 0.